The molecule has 0 saturated carbocycles. The molecule has 18 heavy (non-hydrogen) atoms. The van der Waals surface area contributed by atoms with Crippen molar-refractivity contribution in [3.8, 4) is 0 Å². The number of rotatable bonds is 4. The van der Waals surface area contributed by atoms with Crippen LogP contribution in [0.15, 0.2) is 10.9 Å². The Morgan fingerprint density at radius 2 is 2.22 bits per heavy atom. The molecule has 6 nitrogen and oxygen atoms in total. The molecule has 2 heterocycles. The highest BCUT2D eigenvalue weighted by Gasteiger charge is 2.17. The van der Waals surface area contributed by atoms with Gasteiger partial charge in [-0.25, -0.2) is 19.3 Å². The van der Waals surface area contributed by atoms with Crippen molar-refractivity contribution in [2.75, 3.05) is 5.32 Å². The highest BCUT2D eigenvalue weighted by Crippen LogP contribution is 2.18. The van der Waals surface area contributed by atoms with E-state index >= 15 is 0 Å². The fraction of sp³-hybridized carbons (Fsp3) is 0.583. The molecule has 6 heteroatoms. The Balaban J connectivity index is 2.38. The van der Waals surface area contributed by atoms with Crippen molar-refractivity contribution in [3.05, 3.63) is 22.4 Å². The van der Waals surface area contributed by atoms with Crippen LogP contribution in [-0.4, -0.2) is 25.1 Å². The summed E-state index contributed by atoms with van der Waals surface area (Å²) in [5.41, 5.74) is 0.306. The van der Waals surface area contributed by atoms with E-state index in [1.807, 2.05) is 0 Å². The van der Waals surface area contributed by atoms with E-state index in [4.69, 9.17) is 0 Å². The number of hydrogen-bond acceptors (Lipinski definition) is 4. The van der Waals surface area contributed by atoms with Crippen LogP contribution in [0.4, 0.5) is 5.82 Å². The molecule has 2 aromatic rings. The van der Waals surface area contributed by atoms with Crippen LogP contribution in [-0.2, 0) is 0 Å². The molecule has 0 aromatic carbocycles. The summed E-state index contributed by atoms with van der Waals surface area (Å²) in [6.07, 6.45) is 2.15. The Morgan fingerprint density at radius 1 is 1.50 bits per heavy atom. The average Bonchev–Trinajstić information content (AvgIpc) is 2.59. The second-order valence-electron chi connectivity index (χ2n) is 5.17. The van der Waals surface area contributed by atoms with Gasteiger partial charge < -0.3 is 5.32 Å². The van der Waals surface area contributed by atoms with Crippen molar-refractivity contribution in [2.24, 2.45) is 0 Å². The molecule has 98 valence electrons. The van der Waals surface area contributed by atoms with E-state index in [1.165, 1.54) is 4.40 Å². The zero-order valence-electron chi connectivity index (χ0n) is 11.2. The van der Waals surface area contributed by atoms with Crippen LogP contribution in [0.25, 0.3) is 5.65 Å². The lowest BCUT2D eigenvalue weighted by Crippen LogP contribution is -2.31. The zero-order valence-corrected chi connectivity index (χ0v) is 11.2. The molecular formula is C12H19N5O. The topological polar surface area (TPSA) is 75.1 Å². The van der Waals surface area contributed by atoms with Gasteiger partial charge in [0.25, 0.3) is 0 Å². The number of fused-ring (bicyclic) bond motifs is 1. The second kappa shape index (κ2) is 4.44. The van der Waals surface area contributed by atoms with Gasteiger partial charge >= 0.3 is 5.69 Å². The smallest absolute Gasteiger partial charge is 0.349 e. The molecule has 0 spiro atoms. The minimum absolute atomic E-state index is 0.0247. The van der Waals surface area contributed by atoms with Crippen LogP contribution in [0.1, 0.15) is 39.4 Å². The number of hydrogen-bond donors (Lipinski definition) is 2. The molecular weight excluding hydrogens is 230 g/mol. The Labute approximate surface area is 105 Å². The standard InChI is InChI=1S/C12H19N5O/c1-5-6-12(3,4)14-9-7-10-15-16-11(18)17(10)8(2)13-9/h7,14H,5-6H2,1-4H3,(H,16,18). The Bertz CT molecular complexity index is 610. The maximum Gasteiger partial charge on any atom is 0.349 e. The Hall–Kier alpha value is -1.85. The third kappa shape index (κ3) is 2.37. The number of nitrogens with one attached hydrogen (secondary N) is 2. The van der Waals surface area contributed by atoms with E-state index in [9.17, 15) is 4.79 Å². The average molecular weight is 249 g/mol. The summed E-state index contributed by atoms with van der Waals surface area (Å²) in [5, 5.41) is 9.76. The van der Waals surface area contributed by atoms with Crippen molar-refractivity contribution in [1.29, 1.82) is 0 Å². The highest BCUT2D eigenvalue weighted by atomic mass is 16.1. The zero-order chi connectivity index (χ0) is 13.3. The number of H-pyrrole nitrogens is 1. The van der Waals surface area contributed by atoms with Gasteiger partial charge in [-0.1, -0.05) is 13.3 Å². The van der Waals surface area contributed by atoms with Crippen LogP contribution in [0.5, 0.6) is 0 Å². The van der Waals surface area contributed by atoms with Crippen LogP contribution in [0.3, 0.4) is 0 Å². The third-order valence-electron chi connectivity index (χ3n) is 2.91. The van der Waals surface area contributed by atoms with Gasteiger partial charge in [0.05, 0.1) is 0 Å². The minimum atomic E-state index is -0.255. The van der Waals surface area contributed by atoms with Crippen LogP contribution in [0, 0.1) is 6.92 Å². The van der Waals surface area contributed by atoms with Gasteiger partial charge in [0, 0.05) is 11.6 Å². The van der Waals surface area contributed by atoms with Crippen molar-refractivity contribution >= 4 is 11.5 Å². The van der Waals surface area contributed by atoms with Gasteiger partial charge in [-0.15, -0.1) is 0 Å². The maximum absolute atomic E-state index is 11.5. The largest absolute Gasteiger partial charge is 0.365 e. The molecule has 0 aliphatic carbocycles. The quantitative estimate of drug-likeness (QED) is 0.865. The first-order valence-corrected chi connectivity index (χ1v) is 6.16. The molecule has 0 unspecified atom stereocenters. The van der Waals surface area contributed by atoms with Gasteiger partial charge in [0.15, 0.2) is 5.65 Å². The van der Waals surface area contributed by atoms with E-state index < -0.39 is 0 Å². The SMILES string of the molecule is CCCC(C)(C)Nc1cc2n[nH]c(=O)n2c(C)n1. The lowest BCUT2D eigenvalue weighted by molar-refractivity contribution is 0.508. The molecule has 2 rings (SSSR count). The minimum Gasteiger partial charge on any atom is -0.365 e. The van der Waals surface area contributed by atoms with Crippen molar-refractivity contribution in [1.82, 2.24) is 19.6 Å². The molecule has 0 radical (unpaired) electrons. The van der Waals surface area contributed by atoms with Crippen LogP contribution in [0.2, 0.25) is 0 Å². The molecule has 0 bridgehead atoms. The van der Waals surface area contributed by atoms with E-state index in [1.54, 1.807) is 13.0 Å². The second-order valence-corrected chi connectivity index (χ2v) is 5.17. The summed E-state index contributed by atoms with van der Waals surface area (Å²) >= 11 is 0. The van der Waals surface area contributed by atoms with Gasteiger partial charge in [-0.2, -0.15) is 5.10 Å². The molecule has 0 amide bonds. The van der Waals surface area contributed by atoms with Crippen molar-refractivity contribution < 1.29 is 0 Å². The first-order chi connectivity index (χ1) is 8.43. The fourth-order valence-electron chi connectivity index (χ4n) is 2.20. The summed E-state index contributed by atoms with van der Waals surface area (Å²) in [5.74, 6) is 1.37. The number of aromatic nitrogens is 4. The van der Waals surface area contributed by atoms with Gasteiger partial charge in [-0.3, -0.25) is 0 Å². The third-order valence-corrected chi connectivity index (χ3v) is 2.91. The van der Waals surface area contributed by atoms with E-state index in [0.717, 1.165) is 18.7 Å². The van der Waals surface area contributed by atoms with Gasteiger partial charge in [0.2, 0.25) is 0 Å². The lowest BCUT2D eigenvalue weighted by atomic mass is 9.99. The summed E-state index contributed by atoms with van der Waals surface area (Å²) in [6, 6.07) is 1.78. The van der Waals surface area contributed by atoms with E-state index in [2.05, 4.69) is 41.3 Å². The molecule has 2 aromatic heterocycles. The predicted octanol–water partition coefficient (Wildman–Crippen LogP) is 1.72. The summed E-state index contributed by atoms with van der Waals surface area (Å²) in [7, 11) is 0. The molecule has 0 saturated heterocycles. The number of nitrogens with zero attached hydrogens (tertiary/aromatic N) is 3. The van der Waals surface area contributed by atoms with Crippen molar-refractivity contribution in [3.63, 3.8) is 0 Å². The molecule has 2 N–H and O–H groups in total. The van der Waals surface area contributed by atoms with Crippen molar-refractivity contribution in [2.45, 2.75) is 46.1 Å². The first-order valence-electron chi connectivity index (χ1n) is 6.16. The first kappa shape index (κ1) is 12.6. The fourth-order valence-corrected chi connectivity index (χ4v) is 2.20. The molecule has 0 aliphatic heterocycles. The molecule has 0 aliphatic rings. The summed E-state index contributed by atoms with van der Waals surface area (Å²) in [6.45, 7) is 8.21. The Kier molecular flexibility index (Phi) is 3.11. The van der Waals surface area contributed by atoms with Crippen LogP contribution < -0.4 is 11.0 Å². The van der Waals surface area contributed by atoms with Gasteiger partial charge in [-0.05, 0) is 27.2 Å². The summed E-state index contributed by atoms with van der Waals surface area (Å²) < 4.78 is 1.46. The predicted molar refractivity (Wildman–Crippen MR) is 71.0 cm³/mol. The molecule has 0 fully saturated rings. The number of aryl methyl sites for hydroxylation is 1. The molecule has 0 atom stereocenters. The monoisotopic (exact) mass is 249 g/mol. The number of aromatic amines is 1. The van der Waals surface area contributed by atoms with Crippen LogP contribution >= 0.6 is 0 Å². The maximum atomic E-state index is 11.5. The number of anilines is 1. The summed E-state index contributed by atoms with van der Waals surface area (Å²) in [4.78, 5) is 15.9. The normalized spacial score (nSPS) is 12.0. The Morgan fingerprint density at radius 3 is 2.89 bits per heavy atom. The highest BCUT2D eigenvalue weighted by molar-refractivity contribution is 5.50. The lowest BCUT2D eigenvalue weighted by Gasteiger charge is -2.26. The van der Waals surface area contributed by atoms with Gasteiger partial charge in [0.1, 0.15) is 11.6 Å². The van der Waals surface area contributed by atoms with E-state index in [0.29, 0.717) is 11.5 Å². The van der Waals surface area contributed by atoms with E-state index in [-0.39, 0.29) is 11.2 Å².